The van der Waals surface area contributed by atoms with Crippen LogP contribution in [0.5, 0.6) is 0 Å². The van der Waals surface area contributed by atoms with Gasteiger partial charge in [-0.3, -0.25) is 0 Å². The van der Waals surface area contributed by atoms with Crippen LogP contribution in [0.1, 0.15) is 11.1 Å². The van der Waals surface area contributed by atoms with E-state index in [1.54, 1.807) is 0 Å². The van der Waals surface area contributed by atoms with Crippen molar-refractivity contribution >= 4 is 51.2 Å². The summed E-state index contributed by atoms with van der Waals surface area (Å²) in [6.45, 7) is 4.35. The fourth-order valence-electron chi connectivity index (χ4n) is 7.90. The van der Waals surface area contributed by atoms with Crippen LogP contribution in [0.3, 0.4) is 0 Å². The third kappa shape index (κ3) is 8.00. The molecule has 0 saturated heterocycles. The zero-order chi connectivity index (χ0) is 40.0. The Kier molecular flexibility index (Phi) is 10.6. The average molecular weight is 760 g/mol. The highest BCUT2D eigenvalue weighted by Gasteiger charge is 2.17. The molecule has 0 N–H and O–H groups in total. The molecule has 284 valence electrons. The van der Waals surface area contributed by atoms with Crippen molar-refractivity contribution in [2.75, 3.05) is 14.7 Å². The molecule has 0 unspecified atom stereocenters. The molecule has 9 rings (SSSR count). The molecule has 0 aliphatic carbocycles. The van der Waals surface area contributed by atoms with Crippen LogP contribution in [-0.4, -0.2) is 0 Å². The zero-order valence-electron chi connectivity index (χ0n) is 33.4. The molecule has 0 aliphatic rings. The predicted molar refractivity (Wildman–Crippen MR) is 251 cm³/mol. The van der Waals surface area contributed by atoms with Crippen LogP contribution in [0.2, 0.25) is 0 Å². The molecule has 0 atom stereocenters. The fraction of sp³-hybridized carbons (Fsp3) is 0.0357. The number of hydrogen-bond acceptors (Lipinski definition) is 3. The molecule has 0 heterocycles. The van der Waals surface area contributed by atoms with E-state index in [2.05, 4.69) is 265 Å². The van der Waals surface area contributed by atoms with E-state index in [0.29, 0.717) is 0 Å². The van der Waals surface area contributed by atoms with Gasteiger partial charge in [0.15, 0.2) is 0 Å². The molecule has 0 amide bonds. The molecular weight excluding hydrogens is 715 g/mol. The van der Waals surface area contributed by atoms with Crippen LogP contribution in [0.4, 0.5) is 51.2 Å². The molecule has 0 spiro atoms. The lowest BCUT2D eigenvalue weighted by Gasteiger charge is -2.28. The van der Waals surface area contributed by atoms with Crippen LogP contribution >= 0.6 is 0 Å². The lowest BCUT2D eigenvalue weighted by Crippen LogP contribution is -2.11. The van der Waals surface area contributed by atoms with Gasteiger partial charge in [-0.1, -0.05) is 139 Å². The van der Waals surface area contributed by atoms with E-state index in [1.165, 1.54) is 33.4 Å². The van der Waals surface area contributed by atoms with Crippen molar-refractivity contribution in [1.29, 1.82) is 0 Å². The first-order chi connectivity index (χ1) is 29.1. The second-order valence-electron chi connectivity index (χ2n) is 14.8. The van der Waals surface area contributed by atoms with Crippen molar-refractivity contribution in [1.82, 2.24) is 0 Å². The summed E-state index contributed by atoms with van der Waals surface area (Å²) < 4.78 is 0. The van der Waals surface area contributed by atoms with Crippen molar-refractivity contribution in [2.24, 2.45) is 0 Å². The van der Waals surface area contributed by atoms with Crippen LogP contribution in [0, 0.1) is 13.8 Å². The van der Waals surface area contributed by atoms with Gasteiger partial charge in [-0.15, -0.1) is 0 Å². The Morgan fingerprint density at radius 1 is 0.237 bits per heavy atom. The van der Waals surface area contributed by atoms with Crippen LogP contribution in [0.15, 0.2) is 237 Å². The minimum absolute atomic E-state index is 1.11. The highest BCUT2D eigenvalue weighted by Crippen LogP contribution is 2.41. The minimum Gasteiger partial charge on any atom is -0.311 e. The highest BCUT2D eigenvalue weighted by atomic mass is 15.2. The number of nitrogens with zero attached hydrogens (tertiary/aromatic N) is 3. The third-order valence-corrected chi connectivity index (χ3v) is 10.8. The van der Waals surface area contributed by atoms with Crippen LogP contribution < -0.4 is 14.7 Å². The lowest BCUT2D eigenvalue weighted by molar-refractivity contribution is 1.24. The maximum absolute atomic E-state index is 2.36. The fourth-order valence-corrected chi connectivity index (χ4v) is 7.90. The van der Waals surface area contributed by atoms with Gasteiger partial charge in [0.1, 0.15) is 0 Å². The third-order valence-electron chi connectivity index (χ3n) is 10.8. The first kappa shape index (κ1) is 37.0. The van der Waals surface area contributed by atoms with Gasteiger partial charge in [0.05, 0.1) is 0 Å². The van der Waals surface area contributed by atoms with E-state index in [-0.39, 0.29) is 0 Å². The Balaban J connectivity index is 0.995. The topological polar surface area (TPSA) is 9.72 Å². The molecule has 3 nitrogen and oxygen atoms in total. The van der Waals surface area contributed by atoms with Crippen LogP contribution in [0.25, 0.3) is 22.3 Å². The normalized spacial score (nSPS) is 10.9. The average Bonchev–Trinajstić information content (AvgIpc) is 3.30. The van der Waals surface area contributed by atoms with E-state index >= 15 is 0 Å². The van der Waals surface area contributed by atoms with Crippen molar-refractivity contribution in [3.05, 3.63) is 248 Å². The number of anilines is 9. The molecule has 9 aromatic rings. The van der Waals surface area contributed by atoms with E-state index in [0.717, 1.165) is 51.2 Å². The van der Waals surface area contributed by atoms with Gasteiger partial charge in [0, 0.05) is 51.2 Å². The lowest BCUT2D eigenvalue weighted by atomic mass is 10.0. The van der Waals surface area contributed by atoms with Crippen molar-refractivity contribution in [2.45, 2.75) is 13.8 Å². The Morgan fingerprint density at radius 3 is 0.763 bits per heavy atom. The number of benzene rings is 9. The molecule has 0 fully saturated rings. The second-order valence-corrected chi connectivity index (χ2v) is 14.8. The standard InChI is InChI=1S/C56H45N3/c1-42-23-40-56(43(2)41-42)59(54-36-28-46(29-37-54)44-24-32-52(33-25-44)57(48-15-7-3-8-16-48)49-17-9-4-10-18-49)55-38-30-47(31-39-55)45-26-34-53(35-27-45)58(50-19-11-5-12-20-50)51-21-13-6-14-22-51/h3-41H,1-2H3. The summed E-state index contributed by atoms with van der Waals surface area (Å²) in [5.74, 6) is 0. The summed E-state index contributed by atoms with van der Waals surface area (Å²) in [7, 11) is 0. The summed E-state index contributed by atoms with van der Waals surface area (Å²) in [4.78, 5) is 6.95. The quantitative estimate of drug-likeness (QED) is 0.130. The number of aryl methyl sites for hydroxylation is 2. The molecular formula is C56H45N3. The summed E-state index contributed by atoms with van der Waals surface area (Å²) in [6.07, 6.45) is 0. The van der Waals surface area contributed by atoms with Gasteiger partial charge in [0.25, 0.3) is 0 Å². The number of hydrogen-bond donors (Lipinski definition) is 0. The van der Waals surface area contributed by atoms with E-state index in [9.17, 15) is 0 Å². The summed E-state index contributed by atoms with van der Waals surface area (Å²) >= 11 is 0. The minimum atomic E-state index is 1.11. The summed E-state index contributed by atoms with van der Waals surface area (Å²) in [6, 6.07) is 84.4. The Hall–Kier alpha value is -7.62. The van der Waals surface area contributed by atoms with Gasteiger partial charge >= 0.3 is 0 Å². The van der Waals surface area contributed by atoms with E-state index in [1.807, 2.05) is 0 Å². The van der Waals surface area contributed by atoms with Crippen LogP contribution in [-0.2, 0) is 0 Å². The molecule has 0 aromatic heterocycles. The smallest absolute Gasteiger partial charge is 0.0490 e. The maximum atomic E-state index is 2.36. The van der Waals surface area contributed by atoms with E-state index < -0.39 is 0 Å². The number of para-hydroxylation sites is 4. The molecule has 0 aliphatic heterocycles. The molecule has 0 bridgehead atoms. The van der Waals surface area contributed by atoms with Gasteiger partial charge in [-0.2, -0.15) is 0 Å². The number of rotatable bonds is 11. The Morgan fingerprint density at radius 2 is 0.492 bits per heavy atom. The van der Waals surface area contributed by atoms with Gasteiger partial charge in [0.2, 0.25) is 0 Å². The summed E-state index contributed by atoms with van der Waals surface area (Å²) in [5.41, 5.74) is 17.3. The molecule has 3 heteroatoms. The Labute approximate surface area is 348 Å². The molecule has 0 radical (unpaired) electrons. The monoisotopic (exact) mass is 759 g/mol. The van der Waals surface area contributed by atoms with Gasteiger partial charge < -0.3 is 14.7 Å². The first-order valence-electron chi connectivity index (χ1n) is 20.2. The predicted octanol–water partition coefficient (Wildman–Crippen LogP) is 16.0. The molecule has 9 aromatic carbocycles. The van der Waals surface area contributed by atoms with Crippen molar-refractivity contribution < 1.29 is 0 Å². The largest absolute Gasteiger partial charge is 0.311 e. The molecule has 59 heavy (non-hydrogen) atoms. The van der Waals surface area contributed by atoms with Crippen molar-refractivity contribution in [3.8, 4) is 22.3 Å². The van der Waals surface area contributed by atoms with Crippen molar-refractivity contribution in [3.63, 3.8) is 0 Å². The van der Waals surface area contributed by atoms with E-state index in [4.69, 9.17) is 0 Å². The molecule has 0 saturated carbocycles. The maximum Gasteiger partial charge on any atom is 0.0490 e. The first-order valence-corrected chi connectivity index (χ1v) is 20.2. The summed E-state index contributed by atoms with van der Waals surface area (Å²) in [5, 5.41) is 0. The highest BCUT2D eigenvalue weighted by molar-refractivity contribution is 5.83. The second kappa shape index (κ2) is 16.9. The van der Waals surface area contributed by atoms with Gasteiger partial charge in [-0.25, -0.2) is 0 Å². The SMILES string of the molecule is Cc1ccc(N(c2ccc(-c3ccc(N(c4ccccc4)c4ccccc4)cc3)cc2)c2ccc(-c3ccc(N(c4ccccc4)c4ccccc4)cc3)cc2)c(C)c1. The van der Waals surface area contributed by atoms with Gasteiger partial charge in [-0.05, 0) is 145 Å². The zero-order valence-corrected chi connectivity index (χ0v) is 33.4. The Bertz CT molecular complexity index is 2480.